The van der Waals surface area contributed by atoms with Crippen molar-refractivity contribution in [1.29, 1.82) is 0 Å². The van der Waals surface area contributed by atoms with Gasteiger partial charge >= 0.3 is 17.9 Å². The van der Waals surface area contributed by atoms with Gasteiger partial charge in [0.15, 0.2) is 6.10 Å². The van der Waals surface area contributed by atoms with Crippen LogP contribution in [0, 0.1) is 0 Å². The minimum absolute atomic E-state index is 0.180. The maximum atomic E-state index is 13.0. The highest BCUT2D eigenvalue weighted by atomic mass is 16.7. The van der Waals surface area contributed by atoms with E-state index in [9.17, 15) is 19.5 Å². The zero-order chi connectivity index (χ0) is 67.5. The van der Waals surface area contributed by atoms with Crippen molar-refractivity contribution in [3.05, 3.63) is 109 Å². The minimum atomic E-state index is -1.52. The molecule has 536 valence electrons. The van der Waals surface area contributed by atoms with E-state index < -0.39 is 24.3 Å². The first-order valence-corrected chi connectivity index (χ1v) is 39.1. The molecule has 9 heteroatoms. The molecule has 0 aliphatic heterocycles. The highest BCUT2D eigenvalue weighted by Crippen LogP contribution is 2.19. The van der Waals surface area contributed by atoms with Crippen LogP contribution < -0.4 is 0 Å². The van der Waals surface area contributed by atoms with Crippen LogP contribution in [-0.4, -0.2) is 87.4 Å². The van der Waals surface area contributed by atoms with Crippen LogP contribution in [-0.2, 0) is 33.3 Å². The molecule has 1 N–H and O–H groups in total. The molecule has 0 rings (SSSR count). The summed E-state index contributed by atoms with van der Waals surface area (Å²) in [6.45, 7) is 4.78. The van der Waals surface area contributed by atoms with Crippen LogP contribution in [0.5, 0.6) is 0 Å². The number of likely N-dealkylation sites (N-methyl/N-ethyl adjacent to an activating group) is 1. The third kappa shape index (κ3) is 75.2. The van der Waals surface area contributed by atoms with Crippen LogP contribution >= 0.6 is 0 Å². The highest BCUT2D eigenvalue weighted by molar-refractivity contribution is 5.71. The first-order valence-electron chi connectivity index (χ1n) is 39.1. The first-order chi connectivity index (χ1) is 45.6. The monoisotopic (exact) mass is 1300 g/mol. The number of ether oxygens (including phenoxy) is 4. The molecule has 0 aromatic rings. The molecule has 0 heterocycles. The SMILES string of the molecule is CC/C=C\C/C=C\C/C=C\C/C=C\C/C=C\C/C=C\C/C=C\C/C=C\C/C=C\CCCCCCCC(=O)OC(COC(=O)CCCCCCCCCCCCCCCCCCCCCCCCCCCCCCCCCCCCC)COC(OCC[N+](C)(C)C)C(=O)O. The average molecular weight is 1300 g/mol. The summed E-state index contributed by atoms with van der Waals surface area (Å²) >= 11 is 0. The van der Waals surface area contributed by atoms with Crippen LogP contribution in [0.2, 0.25) is 0 Å². The standard InChI is InChI=1S/C84H147NO8/c1-6-8-10-12-14-16-18-20-22-24-26-28-30-32-34-36-38-40-41-43-44-46-48-50-52-54-56-58-60-62-64-66-68-70-72-74-81(86)91-78-80(79-92-84(83(88)89)90-77-76-85(3,4)5)93-82(87)75-73-71-69-67-65-63-61-59-57-55-53-51-49-47-45-42-39-37-35-33-31-29-27-25-23-21-19-17-15-13-11-9-7-2/h9,11,15,17,21,23,27,29,33,35,39,42,47,49,53,55,59,61,80,84H,6-8,10,12-14,16,18-20,22,24-26,28,30-32,34,36-38,40-41,43-46,48,50-52,54,56-58,60,62-79H2,1-5H3/p+1/b11-9-,17-15-,23-21-,29-27-,35-33-,42-39-,49-47-,55-53-,61-59-. The van der Waals surface area contributed by atoms with Gasteiger partial charge in [0.1, 0.15) is 13.2 Å². The lowest BCUT2D eigenvalue weighted by molar-refractivity contribution is -0.870. The van der Waals surface area contributed by atoms with E-state index in [1.54, 1.807) is 0 Å². The summed E-state index contributed by atoms with van der Waals surface area (Å²) in [5, 5.41) is 9.77. The Balaban J connectivity index is 4.09. The van der Waals surface area contributed by atoms with E-state index in [-0.39, 0.29) is 32.2 Å². The van der Waals surface area contributed by atoms with Crippen molar-refractivity contribution in [3.8, 4) is 0 Å². The molecular weight excluding hydrogens is 1150 g/mol. The number of nitrogens with zero attached hydrogens (tertiary/aromatic N) is 1. The van der Waals surface area contributed by atoms with Crippen molar-refractivity contribution in [2.45, 2.75) is 360 Å². The summed E-state index contributed by atoms with van der Waals surface area (Å²) in [7, 11) is 5.97. The number of hydrogen-bond acceptors (Lipinski definition) is 7. The lowest BCUT2D eigenvalue weighted by Gasteiger charge is -2.25. The molecule has 0 saturated carbocycles. The van der Waals surface area contributed by atoms with Gasteiger partial charge in [-0.3, -0.25) is 9.59 Å². The van der Waals surface area contributed by atoms with E-state index in [0.29, 0.717) is 23.9 Å². The topological polar surface area (TPSA) is 108 Å². The third-order valence-corrected chi connectivity index (χ3v) is 17.0. The van der Waals surface area contributed by atoms with Gasteiger partial charge in [-0.15, -0.1) is 0 Å². The molecule has 9 nitrogen and oxygen atoms in total. The quantitative estimate of drug-likeness (QED) is 0.0211. The van der Waals surface area contributed by atoms with Crippen LogP contribution in [0.4, 0.5) is 0 Å². The van der Waals surface area contributed by atoms with Gasteiger partial charge < -0.3 is 28.5 Å². The van der Waals surface area contributed by atoms with E-state index >= 15 is 0 Å². The third-order valence-electron chi connectivity index (χ3n) is 17.0. The van der Waals surface area contributed by atoms with E-state index in [0.717, 1.165) is 109 Å². The van der Waals surface area contributed by atoms with Gasteiger partial charge in [-0.1, -0.05) is 361 Å². The molecule has 2 unspecified atom stereocenters. The number of unbranched alkanes of at least 4 members (excludes halogenated alkanes) is 39. The number of quaternary nitrogens is 1. The smallest absolute Gasteiger partial charge is 0.361 e. The van der Waals surface area contributed by atoms with Gasteiger partial charge in [-0.05, 0) is 83.5 Å². The van der Waals surface area contributed by atoms with Gasteiger partial charge in [0.2, 0.25) is 0 Å². The Bertz CT molecular complexity index is 1900. The maximum absolute atomic E-state index is 13.0. The van der Waals surface area contributed by atoms with Crippen LogP contribution in [0.15, 0.2) is 109 Å². The number of aliphatic carboxylic acids is 1. The molecule has 2 atom stereocenters. The van der Waals surface area contributed by atoms with Crippen LogP contribution in [0.1, 0.15) is 348 Å². The lowest BCUT2D eigenvalue weighted by Crippen LogP contribution is -2.40. The molecule has 0 aliphatic rings. The summed E-state index contributed by atoms with van der Waals surface area (Å²) in [6, 6.07) is 0. The van der Waals surface area contributed by atoms with Crippen LogP contribution in [0.3, 0.4) is 0 Å². The van der Waals surface area contributed by atoms with Crippen molar-refractivity contribution < 1.29 is 42.9 Å². The molecule has 0 bridgehead atoms. The molecule has 0 spiro atoms. The Kier molecular flexibility index (Phi) is 70.5. The molecule has 0 radical (unpaired) electrons. The van der Waals surface area contributed by atoms with E-state index in [2.05, 4.69) is 123 Å². The zero-order valence-corrected chi connectivity index (χ0v) is 61.4. The largest absolute Gasteiger partial charge is 0.477 e. The number of allylic oxidation sites excluding steroid dienone is 18. The minimum Gasteiger partial charge on any atom is -0.477 e. The summed E-state index contributed by atoms with van der Waals surface area (Å²) in [4.78, 5) is 37.7. The van der Waals surface area contributed by atoms with Crippen molar-refractivity contribution in [2.75, 3.05) is 47.5 Å². The number of hydrogen-bond donors (Lipinski definition) is 1. The van der Waals surface area contributed by atoms with Crippen molar-refractivity contribution >= 4 is 17.9 Å². The number of carbonyl (C=O) groups excluding carboxylic acids is 2. The van der Waals surface area contributed by atoms with Crippen molar-refractivity contribution in [3.63, 3.8) is 0 Å². The normalized spacial score (nSPS) is 13.3. The molecule has 0 fully saturated rings. The average Bonchev–Trinajstić information content (AvgIpc) is 3.74. The summed E-state index contributed by atoms with van der Waals surface area (Å²) in [5.74, 6) is -2.02. The molecule has 0 amide bonds. The predicted octanol–water partition coefficient (Wildman–Crippen LogP) is 24.9. The fourth-order valence-electron chi connectivity index (χ4n) is 11.1. The molecule has 93 heavy (non-hydrogen) atoms. The molecule has 0 aromatic carbocycles. The summed E-state index contributed by atoms with van der Waals surface area (Å²) < 4.78 is 23.0. The number of carbonyl (C=O) groups is 3. The summed E-state index contributed by atoms with van der Waals surface area (Å²) in [6.07, 6.45) is 101. The number of carboxylic acid groups (broad SMARTS) is 1. The Labute approximate surface area is 575 Å². The number of rotatable bonds is 72. The van der Waals surface area contributed by atoms with Gasteiger partial charge in [0, 0.05) is 12.8 Å². The zero-order valence-electron chi connectivity index (χ0n) is 61.4. The fourth-order valence-corrected chi connectivity index (χ4v) is 11.1. The lowest BCUT2D eigenvalue weighted by atomic mass is 10.0. The molecular formula is C84H148NO8+. The predicted molar refractivity (Wildman–Crippen MR) is 401 cm³/mol. The Morgan fingerprint density at radius 2 is 0.613 bits per heavy atom. The highest BCUT2D eigenvalue weighted by Gasteiger charge is 2.25. The first kappa shape index (κ1) is 89.0. The van der Waals surface area contributed by atoms with E-state index in [1.807, 2.05) is 21.1 Å². The second-order valence-corrected chi connectivity index (χ2v) is 27.3. The van der Waals surface area contributed by atoms with Gasteiger partial charge in [0.05, 0.1) is 34.4 Å². The van der Waals surface area contributed by atoms with Crippen molar-refractivity contribution in [2.24, 2.45) is 0 Å². The Hall–Kier alpha value is -4.05. The fraction of sp³-hybridized carbons (Fsp3) is 0.750. The Morgan fingerprint density at radius 1 is 0.333 bits per heavy atom. The molecule has 0 aliphatic carbocycles. The van der Waals surface area contributed by atoms with Gasteiger partial charge in [0.25, 0.3) is 6.29 Å². The van der Waals surface area contributed by atoms with Crippen molar-refractivity contribution in [1.82, 2.24) is 0 Å². The number of carboxylic acids is 1. The van der Waals surface area contributed by atoms with Crippen LogP contribution in [0.25, 0.3) is 0 Å². The Morgan fingerprint density at radius 3 is 0.914 bits per heavy atom. The molecule has 0 saturated heterocycles. The maximum Gasteiger partial charge on any atom is 0.361 e. The van der Waals surface area contributed by atoms with Gasteiger partial charge in [-0.2, -0.15) is 0 Å². The second-order valence-electron chi connectivity index (χ2n) is 27.3. The number of esters is 2. The van der Waals surface area contributed by atoms with E-state index in [4.69, 9.17) is 18.9 Å². The van der Waals surface area contributed by atoms with E-state index in [1.165, 1.54) is 205 Å². The van der Waals surface area contributed by atoms with Gasteiger partial charge in [-0.25, -0.2) is 4.79 Å². The second kappa shape index (κ2) is 73.8. The molecule has 0 aromatic heterocycles. The summed E-state index contributed by atoms with van der Waals surface area (Å²) in [5.41, 5.74) is 0.